The summed E-state index contributed by atoms with van der Waals surface area (Å²) in [6.07, 6.45) is 1.56. The number of anilines is 1. The van der Waals surface area contributed by atoms with Crippen LogP contribution in [0.5, 0.6) is 11.5 Å². The molecule has 1 aromatic heterocycles. The first-order valence-electron chi connectivity index (χ1n) is 6.08. The molecule has 0 bridgehead atoms. The molecular formula is C13H15N5O3. The van der Waals surface area contributed by atoms with Crippen molar-refractivity contribution in [2.24, 2.45) is 5.10 Å². The second kappa shape index (κ2) is 6.51. The lowest BCUT2D eigenvalue weighted by atomic mass is 10.2. The predicted octanol–water partition coefficient (Wildman–Crippen LogP) is 0.937. The number of methoxy groups -OCH3 is 2. The Labute approximate surface area is 120 Å². The normalized spacial score (nSPS) is 10.6. The van der Waals surface area contributed by atoms with Crippen LogP contribution in [-0.2, 0) is 0 Å². The summed E-state index contributed by atoms with van der Waals surface area (Å²) in [4.78, 5) is 13.9. The average Bonchev–Trinajstić information content (AvgIpc) is 2.50. The van der Waals surface area contributed by atoms with Crippen LogP contribution in [0.25, 0.3) is 0 Å². The van der Waals surface area contributed by atoms with Crippen LogP contribution < -0.4 is 20.5 Å². The molecule has 0 saturated heterocycles. The molecule has 0 spiro atoms. The fourth-order valence-corrected chi connectivity index (χ4v) is 1.54. The SMILES string of the molecule is COc1ccc(/C=N/Nc2nnc(C)c(=O)[nH]2)cc1OC. The van der Waals surface area contributed by atoms with E-state index in [4.69, 9.17) is 9.47 Å². The molecule has 0 aliphatic rings. The largest absolute Gasteiger partial charge is 0.493 e. The molecule has 1 heterocycles. The summed E-state index contributed by atoms with van der Waals surface area (Å²) in [6, 6.07) is 5.36. The van der Waals surface area contributed by atoms with Gasteiger partial charge in [0.25, 0.3) is 5.56 Å². The van der Waals surface area contributed by atoms with Gasteiger partial charge in [0.1, 0.15) is 5.69 Å². The zero-order valence-electron chi connectivity index (χ0n) is 11.9. The van der Waals surface area contributed by atoms with Gasteiger partial charge in [-0.2, -0.15) is 5.10 Å². The smallest absolute Gasteiger partial charge is 0.274 e. The third-order valence-corrected chi connectivity index (χ3v) is 2.65. The van der Waals surface area contributed by atoms with Gasteiger partial charge in [0, 0.05) is 0 Å². The number of nitrogens with one attached hydrogen (secondary N) is 2. The summed E-state index contributed by atoms with van der Waals surface area (Å²) < 4.78 is 10.3. The van der Waals surface area contributed by atoms with Crippen molar-refractivity contribution in [2.75, 3.05) is 19.6 Å². The van der Waals surface area contributed by atoms with Gasteiger partial charge >= 0.3 is 0 Å². The van der Waals surface area contributed by atoms with Crippen molar-refractivity contribution in [3.8, 4) is 11.5 Å². The number of hydrogen-bond acceptors (Lipinski definition) is 7. The van der Waals surface area contributed by atoms with Crippen molar-refractivity contribution < 1.29 is 9.47 Å². The van der Waals surface area contributed by atoms with E-state index in [-0.39, 0.29) is 11.5 Å². The molecule has 0 unspecified atom stereocenters. The number of nitrogens with zero attached hydrogens (tertiary/aromatic N) is 3. The molecule has 0 fully saturated rings. The van der Waals surface area contributed by atoms with E-state index in [0.29, 0.717) is 17.2 Å². The highest BCUT2D eigenvalue weighted by molar-refractivity contribution is 5.81. The first kappa shape index (κ1) is 14.5. The Morgan fingerprint density at radius 2 is 2.00 bits per heavy atom. The lowest BCUT2D eigenvalue weighted by Crippen LogP contribution is -2.15. The highest BCUT2D eigenvalue weighted by atomic mass is 16.5. The molecular weight excluding hydrogens is 274 g/mol. The minimum absolute atomic E-state index is 0.169. The highest BCUT2D eigenvalue weighted by Crippen LogP contribution is 2.26. The molecule has 0 amide bonds. The number of hydrazone groups is 1. The van der Waals surface area contributed by atoms with Gasteiger partial charge in [-0.1, -0.05) is 0 Å². The molecule has 0 aliphatic carbocycles. The molecule has 2 N–H and O–H groups in total. The quantitative estimate of drug-likeness (QED) is 0.627. The van der Waals surface area contributed by atoms with Gasteiger partial charge in [-0.25, -0.2) is 5.43 Å². The molecule has 110 valence electrons. The van der Waals surface area contributed by atoms with Gasteiger partial charge in [-0.3, -0.25) is 9.78 Å². The lowest BCUT2D eigenvalue weighted by Gasteiger charge is -2.07. The fourth-order valence-electron chi connectivity index (χ4n) is 1.54. The van der Waals surface area contributed by atoms with Gasteiger partial charge in [-0.15, -0.1) is 10.2 Å². The Bertz CT molecular complexity index is 711. The molecule has 2 rings (SSSR count). The van der Waals surface area contributed by atoms with Crippen molar-refractivity contribution in [1.82, 2.24) is 15.2 Å². The number of aromatic nitrogens is 3. The van der Waals surface area contributed by atoms with E-state index in [0.717, 1.165) is 5.56 Å². The van der Waals surface area contributed by atoms with Crippen LogP contribution in [0.4, 0.5) is 5.95 Å². The van der Waals surface area contributed by atoms with Crippen molar-refractivity contribution >= 4 is 12.2 Å². The third-order valence-electron chi connectivity index (χ3n) is 2.65. The Morgan fingerprint density at radius 1 is 1.24 bits per heavy atom. The molecule has 0 radical (unpaired) electrons. The highest BCUT2D eigenvalue weighted by Gasteiger charge is 2.03. The standard InChI is InChI=1S/C13H15N5O3/c1-8-12(19)15-13(18-16-8)17-14-7-9-4-5-10(20-2)11(6-9)21-3/h4-7H,1-3H3,(H2,15,17,18,19)/b14-7+. The van der Waals surface area contributed by atoms with Crippen LogP contribution in [0, 0.1) is 6.92 Å². The average molecular weight is 289 g/mol. The van der Waals surface area contributed by atoms with E-state index in [2.05, 4.69) is 25.7 Å². The number of hydrogen-bond donors (Lipinski definition) is 2. The maximum absolute atomic E-state index is 11.3. The van der Waals surface area contributed by atoms with E-state index in [1.165, 1.54) is 0 Å². The van der Waals surface area contributed by atoms with Crippen LogP contribution in [0.1, 0.15) is 11.3 Å². The molecule has 1 aromatic carbocycles. The number of aryl methyl sites for hydroxylation is 1. The topological polar surface area (TPSA) is 101 Å². The summed E-state index contributed by atoms with van der Waals surface area (Å²) in [6.45, 7) is 1.57. The van der Waals surface area contributed by atoms with Gasteiger partial charge in [0.2, 0.25) is 5.95 Å². The van der Waals surface area contributed by atoms with E-state index in [1.807, 2.05) is 6.07 Å². The van der Waals surface area contributed by atoms with Crippen molar-refractivity contribution in [1.29, 1.82) is 0 Å². The number of H-pyrrole nitrogens is 1. The zero-order chi connectivity index (χ0) is 15.2. The van der Waals surface area contributed by atoms with E-state index in [1.54, 1.807) is 39.5 Å². The zero-order valence-corrected chi connectivity index (χ0v) is 11.9. The first-order valence-corrected chi connectivity index (χ1v) is 6.08. The number of benzene rings is 1. The van der Waals surface area contributed by atoms with E-state index in [9.17, 15) is 4.79 Å². The van der Waals surface area contributed by atoms with Gasteiger partial charge < -0.3 is 9.47 Å². The minimum Gasteiger partial charge on any atom is -0.493 e. The van der Waals surface area contributed by atoms with Crippen LogP contribution in [0.2, 0.25) is 0 Å². The predicted molar refractivity (Wildman–Crippen MR) is 78.2 cm³/mol. The Kier molecular flexibility index (Phi) is 4.50. The lowest BCUT2D eigenvalue weighted by molar-refractivity contribution is 0.355. The maximum atomic E-state index is 11.3. The number of ether oxygens (including phenoxy) is 2. The van der Waals surface area contributed by atoms with Crippen LogP contribution in [-0.4, -0.2) is 35.6 Å². The van der Waals surface area contributed by atoms with E-state index >= 15 is 0 Å². The summed E-state index contributed by atoms with van der Waals surface area (Å²) >= 11 is 0. The second-order valence-corrected chi connectivity index (χ2v) is 4.07. The molecule has 0 atom stereocenters. The molecule has 21 heavy (non-hydrogen) atoms. The van der Waals surface area contributed by atoms with Crippen molar-refractivity contribution in [2.45, 2.75) is 6.92 Å². The van der Waals surface area contributed by atoms with Crippen molar-refractivity contribution in [3.05, 3.63) is 39.8 Å². The Hall–Kier alpha value is -2.90. The molecule has 8 nitrogen and oxygen atoms in total. The van der Waals surface area contributed by atoms with Gasteiger partial charge in [0.05, 0.1) is 20.4 Å². The summed E-state index contributed by atoms with van der Waals surface area (Å²) in [7, 11) is 3.13. The third kappa shape index (κ3) is 3.56. The monoisotopic (exact) mass is 289 g/mol. The maximum Gasteiger partial charge on any atom is 0.274 e. The Balaban J connectivity index is 2.10. The van der Waals surface area contributed by atoms with Gasteiger partial charge in [-0.05, 0) is 30.7 Å². The summed E-state index contributed by atoms with van der Waals surface area (Å²) in [5.41, 5.74) is 3.37. The minimum atomic E-state index is -0.311. The molecule has 2 aromatic rings. The van der Waals surface area contributed by atoms with Crippen LogP contribution >= 0.6 is 0 Å². The first-order chi connectivity index (χ1) is 10.1. The molecule has 0 aliphatic heterocycles. The Morgan fingerprint density at radius 3 is 2.67 bits per heavy atom. The number of aromatic amines is 1. The molecule has 8 heteroatoms. The fraction of sp³-hybridized carbons (Fsp3) is 0.231. The van der Waals surface area contributed by atoms with Crippen LogP contribution in [0.15, 0.2) is 28.1 Å². The van der Waals surface area contributed by atoms with Crippen molar-refractivity contribution in [3.63, 3.8) is 0 Å². The van der Waals surface area contributed by atoms with E-state index < -0.39 is 0 Å². The van der Waals surface area contributed by atoms with Gasteiger partial charge in [0.15, 0.2) is 11.5 Å². The summed E-state index contributed by atoms with van der Waals surface area (Å²) in [5.74, 6) is 1.41. The number of rotatable bonds is 5. The van der Waals surface area contributed by atoms with Crippen LogP contribution in [0.3, 0.4) is 0 Å². The molecule has 0 saturated carbocycles. The summed E-state index contributed by atoms with van der Waals surface area (Å²) in [5, 5.41) is 11.4. The second-order valence-electron chi connectivity index (χ2n) is 4.07.